The molecule has 0 unspecified atom stereocenters. The Labute approximate surface area is 213 Å². The maximum atomic E-state index is 13.4. The highest BCUT2D eigenvalue weighted by Gasteiger charge is 2.43. The summed E-state index contributed by atoms with van der Waals surface area (Å²) < 4.78 is 35.3. The van der Waals surface area contributed by atoms with Gasteiger partial charge in [-0.15, -0.1) is 0 Å². The third kappa shape index (κ3) is 3.23. The minimum absolute atomic E-state index is 0.0339. The number of halogens is 2. The van der Waals surface area contributed by atoms with Gasteiger partial charge in [-0.05, 0) is 37.6 Å². The van der Waals surface area contributed by atoms with E-state index in [1.54, 1.807) is 42.9 Å². The number of aliphatic hydroxyl groups is 1. The van der Waals surface area contributed by atoms with E-state index in [2.05, 4.69) is 20.2 Å². The van der Waals surface area contributed by atoms with Crippen molar-refractivity contribution in [3.63, 3.8) is 0 Å². The van der Waals surface area contributed by atoms with Gasteiger partial charge in [-0.25, -0.2) is 24.8 Å². The molecule has 0 fully saturated rings. The molecule has 0 aliphatic carbocycles. The van der Waals surface area contributed by atoms with Gasteiger partial charge >= 0.3 is 12.3 Å². The number of nitrogens with zero attached hydrogens (tertiary/aromatic N) is 6. The SMILES string of the molecule is CC(C)(O)c1ncc(-c2ccc3nc4n(c3c2)[C@@H]2C[C@H]4n3c(n[nH]c3=O)-c3cccc(OC(F)F)c32)cn1. The van der Waals surface area contributed by atoms with Gasteiger partial charge in [0.1, 0.15) is 23.2 Å². The largest absolute Gasteiger partial charge is 0.434 e. The lowest BCUT2D eigenvalue weighted by atomic mass is 9.97. The second-order valence-corrected chi connectivity index (χ2v) is 9.98. The quantitative estimate of drug-likeness (QED) is 0.372. The summed E-state index contributed by atoms with van der Waals surface area (Å²) in [7, 11) is 0. The summed E-state index contributed by atoms with van der Waals surface area (Å²) in [6, 6.07) is 9.71. The van der Waals surface area contributed by atoms with Gasteiger partial charge in [0.15, 0.2) is 11.6 Å². The van der Waals surface area contributed by atoms with Crippen molar-refractivity contribution < 1.29 is 18.6 Å². The Bertz CT molecular complexity index is 1780. The number of rotatable bonds is 4. The van der Waals surface area contributed by atoms with Gasteiger partial charge in [0.2, 0.25) is 0 Å². The van der Waals surface area contributed by atoms with Gasteiger partial charge in [0.25, 0.3) is 0 Å². The third-order valence-corrected chi connectivity index (χ3v) is 7.18. The lowest BCUT2D eigenvalue weighted by Crippen LogP contribution is -2.23. The molecule has 2 aliphatic rings. The van der Waals surface area contributed by atoms with Crippen LogP contribution in [0.5, 0.6) is 5.75 Å². The van der Waals surface area contributed by atoms with Gasteiger partial charge in [0, 0.05) is 35.5 Å². The fourth-order valence-corrected chi connectivity index (χ4v) is 5.60. The van der Waals surface area contributed by atoms with E-state index in [9.17, 15) is 18.7 Å². The standard InChI is InChI=1S/C26H21F2N7O3/c1-26(2,37)23-29-10-13(11-30-23)12-6-7-15-16(8-12)34-17-9-18(22(34)31-15)35-21(32-33-25(35)36)14-4-3-5-19(20(14)17)38-24(27)28/h3-8,10-11,17-18,24,37H,9H2,1-2H3,(H,33,36)/t17-,18-/m1/s1. The summed E-state index contributed by atoms with van der Waals surface area (Å²) in [5.74, 6) is 1.34. The monoisotopic (exact) mass is 517 g/mol. The van der Waals surface area contributed by atoms with Gasteiger partial charge in [-0.2, -0.15) is 13.9 Å². The smallest absolute Gasteiger partial charge is 0.387 e. The number of aromatic amines is 1. The Morgan fingerprint density at radius 2 is 1.89 bits per heavy atom. The number of H-pyrrole nitrogens is 1. The van der Waals surface area contributed by atoms with Crippen LogP contribution in [0.1, 0.15) is 49.6 Å². The minimum Gasteiger partial charge on any atom is -0.434 e. The van der Waals surface area contributed by atoms with Gasteiger partial charge in [-0.1, -0.05) is 18.2 Å². The molecule has 2 atom stereocenters. The zero-order valence-corrected chi connectivity index (χ0v) is 20.3. The molecule has 12 heteroatoms. The molecule has 3 aromatic heterocycles. The average molecular weight is 517 g/mol. The molecule has 0 spiro atoms. The van der Waals surface area contributed by atoms with Gasteiger partial charge < -0.3 is 14.4 Å². The Hall–Kier alpha value is -4.45. The fourth-order valence-electron chi connectivity index (χ4n) is 5.60. The number of ether oxygens (including phenoxy) is 1. The van der Waals surface area contributed by atoms with Gasteiger partial charge in [-0.3, -0.25) is 4.57 Å². The topological polar surface area (TPSA) is 124 Å². The molecule has 0 saturated carbocycles. The average Bonchev–Trinajstić information content (AvgIpc) is 3.51. The molecule has 38 heavy (non-hydrogen) atoms. The first-order chi connectivity index (χ1) is 18.2. The molecule has 2 bridgehead atoms. The molecular formula is C26H21F2N7O3. The van der Waals surface area contributed by atoms with Crippen LogP contribution in [0.2, 0.25) is 0 Å². The van der Waals surface area contributed by atoms with Crippen molar-refractivity contribution in [1.82, 2.24) is 34.3 Å². The van der Waals surface area contributed by atoms with Crippen molar-refractivity contribution in [1.29, 1.82) is 0 Å². The van der Waals surface area contributed by atoms with E-state index in [1.165, 1.54) is 6.07 Å². The van der Waals surface area contributed by atoms with E-state index in [1.807, 2.05) is 22.8 Å². The van der Waals surface area contributed by atoms with Crippen molar-refractivity contribution in [3.8, 4) is 28.3 Å². The van der Waals surface area contributed by atoms with Crippen LogP contribution in [0.25, 0.3) is 33.5 Å². The summed E-state index contributed by atoms with van der Waals surface area (Å²) in [6.07, 6.45) is 3.72. The molecule has 2 aromatic carbocycles. The van der Waals surface area contributed by atoms with E-state index in [4.69, 9.17) is 9.72 Å². The van der Waals surface area contributed by atoms with Crippen molar-refractivity contribution >= 4 is 11.0 Å². The molecule has 10 nitrogen and oxygen atoms in total. The summed E-state index contributed by atoms with van der Waals surface area (Å²) in [6.45, 7) is 0.219. The Balaban J connectivity index is 1.45. The molecular weight excluding hydrogens is 496 g/mol. The van der Waals surface area contributed by atoms with E-state index in [0.717, 1.165) is 16.6 Å². The molecule has 0 radical (unpaired) electrons. The number of hydrogen-bond acceptors (Lipinski definition) is 7. The number of alkyl halides is 2. The zero-order chi connectivity index (χ0) is 26.3. The number of aromatic nitrogens is 7. The number of benzene rings is 2. The Kier molecular flexibility index (Phi) is 4.65. The third-order valence-electron chi connectivity index (χ3n) is 7.18. The van der Waals surface area contributed by atoms with Crippen LogP contribution in [-0.2, 0) is 5.60 Å². The van der Waals surface area contributed by atoms with E-state index in [0.29, 0.717) is 40.5 Å². The van der Waals surface area contributed by atoms with Crippen LogP contribution in [0, 0.1) is 0 Å². The van der Waals surface area contributed by atoms with Gasteiger partial charge in [0.05, 0.1) is 17.1 Å². The molecule has 5 heterocycles. The first-order valence-corrected chi connectivity index (χ1v) is 12.0. The Morgan fingerprint density at radius 3 is 2.63 bits per heavy atom. The molecule has 0 saturated heterocycles. The lowest BCUT2D eigenvalue weighted by molar-refractivity contribution is -0.0506. The Morgan fingerprint density at radius 1 is 1.11 bits per heavy atom. The molecule has 192 valence electrons. The molecule has 0 amide bonds. The maximum Gasteiger partial charge on any atom is 0.387 e. The highest BCUT2D eigenvalue weighted by Crippen LogP contribution is 2.51. The summed E-state index contributed by atoms with van der Waals surface area (Å²) in [4.78, 5) is 26.3. The van der Waals surface area contributed by atoms with Crippen molar-refractivity contribution in [2.24, 2.45) is 0 Å². The van der Waals surface area contributed by atoms with E-state index < -0.39 is 30.0 Å². The predicted octanol–water partition coefficient (Wildman–Crippen LogP) is 3.77. The maximum absolute atomic E-state index is 13.4. The second kappa shape index (κ2) is 7.78. The summed E-state index contributed by atoms with van der Waals surface area (Å²) in [5.41, 5.74) is 2.53. The molecule has 2 N–H and O–H groups in total. The predicted molar refractivity (Wildman–Crippen MR) is 132 cm³/mol. The van der Waals surface area contributed by atoms with E-state index in [-0.39, 0.29) is 5.75 Å². The van der Waals surface area contributed by atoms with Crippen LogP contribution in [0.4, 0.5) is 8.78 Å². The molecule has 2 aliphatic heterocycles. The van der Waals surface area contributed by atoms with Crippen LogP contribution in [-0.4, -0.2) is 46.0 Å². The first kappa shape index (κ1) is 22.7. The number of hydrogen-bond donors (Lipinski definition) is 2. The molecule has 7 rings (SSSR count). The minimum atomic E-state index is -3.01. The highest BCUT2D eigenvalue weighted by molar-refractivity contribution is 5.84. The highest BCUT2D eigenvalue weighted by atomic mass is 19.3. The molecule has 5 aromatic rings. The lowest BCUT2D eigenvalue weighted by Gasteiger charge is -2.21. The summed E-state index contributed by atoms with van der Waals surface area (Å²) >= 11 is 0. The second-order valence-electron chi connectivity index (χ2n) is 9.98. The van der Waals surface area contributed by atoms with Crippen LogP contribution < -0.4 is 10.4 Å². The first-order valence-electron chi connectivity index (χ1n) is 12.0. The van der Waals surface area contributed by atoms with Crippen LogP contribution in [0.15, 0.2) is 53.6 Å². The normalized spacial score (nSPS) is 17.8. The zero-order valence-electron chi connectivity index (χ0n) is 20.3. The van der Waals surface area contributed by atoms with Crippen molar-refractivity contribution in [2.75, 3.05) is 0 Å². The van der Waals surface area contributed by atoms with Crippen molar-refractivity contribution in [3.05, 3.63) is 76.5 Å². The number of nitrogens with one attached hydrogen (secondary N) is 1. The fraction of sp³-hybridized carbons (Fsp3) is 0.269. The van der Waals surface area contributed by atoms with E-state index >= 15 is 0 Å². The number of imidazole rings is 1. The van der Waals surface area contributed by atoms with Crippen LogP contribution in [0.3, 0.4) is 0 Å². The number of fused-ring (bicyclic) bond motifs is 6. The summed E-state index contributed by atoms with van der Waals surface area (Å²) in [5, 5.41) is 16.9. The van der Waals surface area contributed by atoms with Crippen molar-refractivity contribution in [2.45, 2.75) is 44.6 Å². The van der Waals surface area contributed by atoms with Crippen LogP contribution >= 0.6 is 0 Å².